The lowest BCUT2D eigenvalue weighted by Crippen LogP contribution is -2.25. The molecule has 2 saturated carbocycles. The van der Waals surface area contributed by atoms with Gasteiger partial charge in [0, 0.05) is 110 Å². The number of allylic oxidation sites excluding steroid dienone is 4. The van der Waals surface area contributed by atoms with Gasteiger partial charge in [-0.1, -0.05) is 30.4 Å². The first kappa shape index (κ1) is 37.1. The van der Waals surface area contributed by atoms with Crippen LogP contribution in [0.5, 0.6) is 0 Å². The lowest BCUT2D eigenvalue weighted by atomic mass is 9.72. The molecular weight excluding hydrogens is 761 g/mol. The van der Waals surface area contributed by atoms with Gasteiger partial charge in [0.2, 0.25) is 0 Å². The van der Waals surface area contributed by atoms with Gasteiger partial charge in [-0.25, -0.2) is 22.4 Å². The Morgan fingerprint density at radius 1 is 0.644 bits per heavy atom. The van der Waals surface area contributed by atoms with Crippen LogP contribution in [0.25, 0.3) is 55.5 Å². The number of ketones is 2. The molecule has 2 fully saturated rings. The molecule has 13 heteroatoms. The number of hydrogen-bond donors (Lipinski definition) is 1. The van der Waals surface area contributed by atoms with Gasteiger partial charge in [0.1, 0.15) is 17.2 Å². The number of aryl methyl sites for hydroxylation is 2. The largest absolute Gasteiger partial charge is 0.346 e. The molecule has 4 aliphatic carbocycles. The fraction of sp³-hybridized carbons (Fsp3) is 0.304. The molecule has 0 saturated heterocycles. The first-order chi connectivity index (χ1) is 28.5. The quantitative estimate of drug-likeness (QED) is 0.177. The van der Waals surface area contributed by atoms with Gasteiger partial charge in [0.25, 0.3) is 10.0 Å². The van der Waals surface area contributed by atoms with E-state index in [-0.39, 0.29) is 10.8 Å². The summed E-state index contributed by atoms with van der Waals surface area (Å²) >= 11 is 0. The zero-order valence-corrected chi connectivity index (χ0v) is 33.8. The number of carbonyl (C=O) groups is 2. The van der Waals surface area contributed by atoms with Crippen molar-refractivity contribution in [1.82, 2.24) is 38.5 Å². The van der Waals surface area contributed by atoms with Crippen molar-refractivity contribution in [2.75, 3.05) is 0 Å². The molecule has 4 unspecified atom stereocenters. The fourth-order valence-corrected chi connectivity index (χ4v) is 11.2. The number of carbonyl (C=O) groups excluding carboxylic acids is 2. The molecule has 6 aromatic heterocycles. The van der Waals surface area contributed by atoms with E-state index in [0.29, 0.717) is 54.2 Å². The average Bonchev–Trinajstić information content (AvgIpc) is 4.03. The van der Waals surface area contributed by atoms with Crippen LogP contribution in [0.4, 0.5) is 0 Å². The Kier molecular flexibility index (Phi) is 9.15. The van der Waals surface area contributed by atoms with E-state index in [1.165, 1.54) is 20.7 Å². The molecule has 0 radical (unpaired) electrons. The molecular formula is C46H44N8O4S. The first-order valence-corrected chi connectivity index (χ1v) is 21.7. The maximum absolute atomic E-state index is 13.5. The smallest absolute Gasteiger partial charge is 0.269 e. The number of pyridine rings is 2. The van der Waals surface area contributed by atoms with E-state index in [2.05, 4.69) is 43.4 Å². The number of nitrogens with one attached hydrogen (secondary N) is 1. The number of hydrogen-bond acceptors (Lipinski definition) is 8. The van der Waals surface area contributed by atoms with Crippen LogP contribution in [0.15, 0.2) is 109 Å². The molecule has 1 N–H and O–H groups in total. The summed E-state index contributed by atoms with van der Waals surface area (Å²) in [4.78, 5) is 36.6. The first-order valence-electron chi connectivity index (χ1n) is 20.3. The van der Waals surface area contributed by atoms with Gasteiger partial charge in [-0.05, 0) is 95.9 Å². The molecule has 0 spiro atoms. The molecule has 7 aromatic rings. The second-order valence-corrected chi connectivity index (χ2v) is 18.6. The minimum atomic E-state index is -3.83. The van der Waals surface area contributed by atoms with Crippen molar-refractivity contribution in [2.24, 2.45) is 37.8 Å². The lowest BCUT2D eigenvalue weighted by molar-refractivity contribution is -0.123. The van der Waals surface area contributed by atoms with Gasteiger partial charge < -0.3 is 4.98 Å². The molecule has 1 aromatic carbocycles. The summed E-state index contributed by atoms with van der Waals surface area (Å²) in [7, 11) is -0.0685. The number of H-pyrrole nitrogens is 1. The Morgan fingerprint density at radius 2 is 1.22 bits per heavy atom. The Balaban J connectivity index is 0.000000149. The Hall–Kier alpha value is -6.21. The third kappa shape index (κ3) is 7.07. The van der Waals surface area contributed by atoms with Gasteiger partial charge in [-0.3, -0.25) is 19.0 Å². The van der Waals surface area contributed by atoms with Gasteiger partial charge in [-0.2, -0.15) is 10.2 Å². The van der Waals surface area contributed by atoms with Gasteiger partial charge in [0.05, 0.1) is 17.3 Å². The standard InChI is InChI=1S/C26H24N4O3S.C20H20N4O/c1-29-15-21(14-28-29)25-16-30(34(32,33)23-5-3-2-4-6-23)26-24(25)12-20(13-27-26)19-8-17-7-18(9-19)11-22(31)10-17;1-24-11-16(9-23-24)19-10-22-20-18(19)7-15(8-21-20)14-3-12-2-13(4-14)6-17(25)5-12/h2-6,8,12-18H,7,9-11H2,1H3;3,7-13H,2,4-6H2,1H3,(H,21,22). The third-order valence-electron chi connectivity index (χ3n) is 12.4. The molecule has 4 bridgehead atoms. The number of aromatic amines is 1. The van der Waals surface area contributed by atoms with Crippen LogP contribution < -0.4 is 0 Å². The van der Waals surface area contributed by atoms with E-state index in [0.717, 1.165) is 76.3 Å². The van der Waals surface area contributed by atoms with E-state index < -0.39 is 10.0 Å². The van der Waals surface area contributed by atoms with Crippen LogP contribution in [-0.4, -0.2) is 58.5 Å². The summed E-state index contributed by atoms with van der Waals surface area (Å²) < 4.78 is 31.8. The molecule has 12 nitrogen and oxygen atoms in total. The highest BCUT2D eigenvalue weighted by Crippen LogP contribution is 2.43. The summed E-state index contributed by atoms with van der Waals surface area (Å²) in [5.74, 6) is 2.36. The lowest BCUT2D eigenvalue weighted by Gasteiger charge is -2.32. The van der Waals surface area contributed by atoms with Crippen LogP contribution in [-0.2, 0) is 33.7 Å². The predicted molar refractivity (Wildman–Crippen MR) is 226 cm³/mol. The molecule has 11 rings (SSSR count). The second-order valence-electron chi connectivity index (χ2n) is 16.8. The number of benzene rings is 1. The third-order valence-corrected chi connectivity index (χ3v) is 14.1. The summed E-state index contributed by atoms with van der Waals surface area (Å²) in [6.07, 6.45) is 26.2. The topological polar surface area (TPSA) is 150 Å². The molecule has 4 atom stereocenters. The van der Waals surface area contributed by atoms with Gasteiger partial charge in [0.15, 0.2) is 5.65 Å². The number of fused-ring (bicyclic) bond motifs is 6. The van der Waals surface area contributed by atoms with Crippen LogP contribution in [0, 0.1) is 23.7 Å². The summed E-state index contributed by atoms with van der Waals surface area (Å²) in [6, 6.07) is 12.7. The van der Waals surface area contributed by atoms with Crippen LogP contribution in [0.3, 0.4) is 0 Å². The van der Waals surface area contributed by atoms with Crippen molar-refractivity contribution in [3.05, 3.63) is 115 Å². The SMILES string of the molecule is Cn1cc(-c2c[nH]c3ncc(C4=CC5CC(=O)CC(C4)C5)cc23)cn1.Cn1cc(-c2cn(S(=O)(=O)c3ccccc3)c3ncc(C4=CC5CC(=O)CC(C4)C5)cc23)cn1. The fourth-order valence-electron chi connectivity index (χ4n) is 9.82. The zero-order valence-electron chi connectivity index (χ0n) is 33.0. The Morgan fingerprint density at radius 3 is 1.80 bits per heavy atom. The average molecular weight is 805 g/mol. The zero-order chi connectivity index (χ0) is 40.4. The highest BCUT2D eigenvalue weighted by molar-refractivity contribution is 7.90. The van der Waals surface area contributed by atoms with Gasteiger partial charge >= 0.3 is 0 Å². The number of Topliss-reactive ketones (excluding diaryl/α,β-unsaturated/α-hetero) is 2. The predicted octanol–water partition coefficient (Wildman–Crippen LogP) is 8.18. The monoisotopic (exact) mass is 804 g/mol. The summed E-state index contributed by atoms with van der Waals surface area (Å²) in [6.45, 7) is 0. The number of nitrogens with zero attached hydrogens (tertiary/aromatic N) is 7. The van der Waals surface area contributed by atoms with Crippen molar-refractivity contribution < 1.29 is 18.0 Å². The second kappa shape index (κ2) is 14.6. The number of aromatic nitrogens is 8. The van der Waals surface area contributed by atoms with Crippen LogP contribution in [0.1, 0.15) is 62.5 Å². The Labute approximate surface area is 341 Å². The summed E-state index contributed by atoms with van der Waals surface area (Å²) in [5.41, 5.74) is 9.81. The summed E-state index contributed by atoms with van der Waals surface area (Å²) in [5, 5.41) is 10.4. The highest BCUT2D eigenvalue weighted by atomic mass is 32.2. The maximum atomic E-state index is 13.5. The van der Waals surface area contributed by atoms with E-state index in [9.17, 15) is 18.0 Å². The van der Waals surface area contributed by atoms with E-state index in [1.54, 1.807) is 53.6 Å². The molecule has 4 aliphatic rings. The molecule has 0 amide bonds. The van der Waals surface area contributed by atoms with Crippen molar-refractivity contribution in [1.29, 1.82) is 0 Å². The minimum absolute atomic E-state index is 0.211. The highest BCUT2D eigenvalue weighted by Gasteiger charge is 2.33. The van der Waals surface area contributed by atoms with Crippen molar-refractivity contribution in [3.8, 4) is 22.3 Å². The van der Waals surface area contributed by atoms with Crippen LogP contribution in [0.2, 0.25) is 0 Å². The maximum Gasteiger partial charge on any atom is 0.269 e. The normalized spacial score (nSPS) is 21.6. The minimum Gasteiger partial charge on any atom is -0.346 e. The van der Waals surface area contributed by atoms with Crippen LogP contribution >= 0.6 is 0 Å². The molecule has 59 heavy (non-hydrogen) atoms. The van der Waals surface area contributed by atoms with Crippen molar-refractivity contribution in [3.63, 3.8) is 0 Å². The van der Waals surface area contributed by atoms with E-state index in [4.69, 9.17) is 0 Å². The van der Waals surface area contributed by atoms with E-state index in [1.807, 2.05) is 55.8 Å². The number of rotatable bonds is 6. The molecule has 0 aliphatic heterocycles. The molecule has 298 valence electrons. The van der Waals surface area contributed by atoms with E-state index >= 15 is 0 Å². The van der Waals surface area contributed by atoms with Crippen molar-refractivity contribution in [2.45, 2.75) is 56.3 Å². The van der Waals surface area contributed by atoms with Gasteiger partial charge in [-0.15, -0.1) is 0 Å². The van der Waals surface area contributed by atoms with Crippen molar-refractivity contribution >= 4 is 54.8 Å². The Bertz CT molecular complexity index is 2970. The molecule has 6 heterocycles.